The Morgan fingerprint density at radius 2 is 1.87 bits per heavy atom. The van der Waals surface area contributed by atoms with E-state index >= 15 is 0 Å². The molecule has 0 unspecified atom stereocenters. The number of carbonyl (C=O) groups excluding carboxylic acids is 1. The minimum absolute atomic E-state index is 0.0518. The van der Waals surface area contributed by atoms with Gasteiger partial charge in [-0.15, -0.1) is 0 Å². The first-order chi connectivity index (χ1) is 10.9. The number of benzene rings is 1. The van der Waals surface area contributed by atoms with Gasteiger partial charge in [0.1, 0.15) is 5.78 Å². The zero-order valence-corrected chi connectivity index (χ0v) is 14.8. The molecule has 23 heavy (non-hydrogen) atoms. The molecule has 0 radical (unpaired) electrons. The van der Waals surface area contributed by atoms with Crippen molar-refractivity contribution in [3.8, 4) is 11.5 Å². The zero-order valence-electron chi connectivity index (χ0n) is 14.8. The highest BCUT2D eigenvalue weighted by Crippen LogP contribution is 2.48. The number of nitrogens with zero attached hydrogens (tertiary/aromatic N) is 1. The first-order valence-corrected chi connectivity index (χ1v) is 8.35. The van der Waals surface area contributed by atoms with Crippen LogP contribution in [0.15, 0.2) is 12.1 Å². The van der Waals surface area contributed by atoms with E-state index < -0.39 is 0 Å². The largest absolute Gasteiger partial charge is 0.493 e. The Balaban J connectivity index is 2.08. The van der Waals surface area contributed by atoms with Crippen molar-refractivity contribution < 1.29 is 14.3 Å². The molecule has 1 aromatic carbocycles. The van der Waals surface area contributed by atoms with Crippen LogP contribution in [0, 0.1) is 11.3 Å². The summed E-state index contributed by atoms with van der Waals surface area (Å²) in [6, 6.07) is 4.34. The van der Waals surface area contributed by atoms with Crippen molar-refractivity contribution in [2.45, 2.75) is 39.7 Å². The molecule has 0 aromatic heterocycles. The lowest BCUT2D eigenvalue weighted by Crippen LogP contribution is -2.51. The number of methoxy groups -OCH3 is 2. The van der Waals surface area contributed by atoms with Gasteiger partial charge in [-0.25, -0.2) is 0 Å². The molecule has 1 fully saturated rings. The number of carbonyl (C=O) groups is 1. The summed E-state index contributed by atoms with van der Waals surface area (Å²) in [5, 5.41) is 0. The minimum Gasteiger partial charge on any atom is -0.493 e. The fourth-order valence-electron chi connectivity index (χ4n) is 4.36. The van der Waals surface area contributed by atoms with Gasteiger partial charge in [0.25, 0.3) is 0 Å². The molecule has 4 heteroatoms. The Bertz CT molecular complexity index is 623. The van der Waals surface area contributed by atoms with Crippen LogP contribution in [0.1, 0.15) is 44.4 Å². The topological polar surface area (TPSA) is 38.8 Å². The minimum atomic E-state index is 0.0518. The molecule has 0 bridgehead atoms. The maximum atomic E-state index is 12.3. The number of rotatable bonds is 3. The van der Waals surface area contributed by atoms with Gasteiger partial charge in [-0.3, -0.25) is 9.69 Å². The molecule has 0 spiro atoms. The summed E-state index contributed by atoms with van der Waals surface area (Å²) in [7, 11) is 3.33. The highest BCUT2D eigenvalue weighted by Gasteiger charge is 2.45. The number of Topliss-reactive ketones (excluding diaryl/α,β-unsaturated/α-hetero) is 1. The Labute approximate surface area is 138 Å². The maximum absolute atomic E-state index is 12.3. The first kappa shape index (κ1) is 16.3. The van der Waals surface area contributed by atoms with Crippen LogP contribution in [0.2, 0.25) is 0 Å². The molecule has 0 saturated carbocycles. The van der Waals surface area contributed by atoms with Gasteiger partial charge in [0.15, 0.2) is 11.5 Å². The molecule has 0 aliphatic carbocycles. The predicted molar refractivity (Wildman–Crippen MR) is 90.1 cm³/mol. The van der Waals surface area contributed by atoms with Gasteiger partial charge in [-0.1, -0.05) is 13.8 Å². The third kappa shape index (κ3) is 2.85. The molecule has 4 nitrogen and oxygen atoms in total. The SMILES string of the molecule is COc1cc2c(cc1OC)[C@H]1[C@H](C(C)=O)CC(C)(C)CN1CC2. The van der Waals surface area contributed by atoms with Crippen LogP contribution in [0.3, 0.4) is 0 Å². The third-order valence-electron chi connectivity index (χ3n) is 5.33. The average Bonchev–Trinajstić information content (AvgIpc) is 2.51. The lowest BCUT2D eigenvalue weighted by atomic mass is 9.69. The molecule has 1 aromatic rings. The van der Waals surface area contributed by atoms with Crippen LogP contribution in [-0.4, -0.2) is 38.0 Å². The van der Waals surface area contributed by atoms with Crippen molar-refractivity contribution in [1.29, 1.82) is 0 Å². The summed E-state index contributed by atoms with van der Waals surface area (Å²) in [5.74, 6) is 1.86. The van der Waals surface area contributed by atoms with E-state index in [4.69, 9.17) is 9.47 Å². The van der Waals surface area contributed by atoms with Crippen molar-refractivity contribution in [3.63, 3.8) is 0 Å². The van der Waals surface area contributed by atoms with Crippen LogP contribution in [0.25, 0.3) is 0 Å². The first-order valence-electron chi connectivity index (χ1n) is 8.35. The van der Waals surface area contributed by atoms with E-state index in [1.54, 1.807) is 21.1 Å². The maximum Gasteiger partial charge on any atom is 0.161 e. The molecule has 0 amide bonds. The van der Waals surface area contributed by atoms with Crippen LogP contribution in [-0.2, 0) is 11.2 Å². The number of hydrogen-bond acceptors (Lipinski definition) is 4. The van der Waals surface area contributed by atoms with Crippen molar-refractivity contribution in [2.24, 2.45) is 11.3 Å². The Morgan fingerprint density at radius 3 is 2.48 bits per heavy atom. The summed E-state index contributed by atoms with van der Waals surface area (Å²) in [6.07, 6.45) is 1.93. The Kier molecular flexibility index (Phi) is 4.13. The Morgan fingerprint density at radius 1 is 1.22 bits per heavy atom. The molecule has 2 atom stereocenters. The number of hydrogen-bond donors (Lipinski definition) is 0. The van der Waals surface area contributed by atoms with Gasteiger partial charge in [-0.05, 0) is 48.4 Å². The smallest absolute Gasteiger partial charge is 0.161 e. The van der Waals surface area contributed by atoms with Crippen LogP contribution in [0.5, 0.6) is 11.5 Å². The second kappa shape index (κ2) is 5.82. The molecular weight excluding hydrogens is 290 g/mol. The monoisotopic (exact) mass is 317 g/mol. The highest BCUT2D eigenvalue weighted by atomic mass is 16.5. The summed E-state index contributed by atoms with van der Waals surface area (Å²) >= 11 is 0. The number of piperidine rings is 1. The Hall–Kier alpha value is -1.55. The second-order valence-corrected chi connectivity index (χ2v) is 7.66. The molecule has 2 aliphatic rings. The van der Waals surface area contributed by atoms with Gasteiger partial charge in [0.2, 0.25) is 0 Å². The second-order valence-electron chi connectivity index (χ2n) is 7.66. The van der Waals surface area contributed by atoms with Gasteiger partial charge < -0.3 is 9.47 Å². The van der Waals surface area contributed by atoms with E-state index in [0.717, 1.165) is 37.4 Å². The number of ketones is 1. The van der Waals surface area contributed by atoms with Crippen LogP contribution < -0.4 is 9.47 Å². The fraction of sp³-hybridized carbons (Fsp3) is 0.632. The molecule has 126 valence electrons. The van der Waals surface area contributed by atoms with E-state index in [0.29, 0.717) is 0 Å². The highest BCUT2D eigenvalue weighted by molar-refractivity contribution is 5.79. The van der Waals surface area contributed by atoms with E-state index in [1.807, 2.05) is 0 Å². The van der Waals surface area contributed by atoms with Crippen LogP contribution >= 0.6 is 0 Å². The number of ether oxygens (including phenoxy) is 2. The molecule has 0 N–H and O–H groups in total. The third-order valence-corrected chi connectivity index (χ3v) is 5.33. The van der Waals surface area contributed by atoms with Crippen molar-refractivity contribution in [2.75, 3.05) is 27.3 Å². The van der Waals surface area contributed by atoms with Gasteiger partial charge in [0.05, 0.1) is 14.2 Å². The van der Waals surface area contributed by atoms with Crippen molar-refractivity contribution >= 4 is 5.78 Å². The fourth-order valence-corrected chi connectivity index (χ4v) is 4.36. The van der Waals surface area contributed by atoms with E-state index in [1.165, 1.54) is 11.1 Å². The predicted octanol–water partition coefficient (Wildman–Crippen LogP) is 3.24. The van der Waals surface area contributed by atoms with Crippen molar-refractivity contribution in [3.05, 3.63) is 23.3 Å². The lowest BCUT2D eigenvalue weighted by Gasteiger charge is -2.50. The van der Waals surface area contributed by atoms with E-state index in [2.05, 4.69) is 30.9 Å². The quantitative estimate of drug-likeness (QED) is 0.858. The normalized spacial score (nSPS) is 26.1. The van der Waals surface area contributed by atoms with E-state index in [9.17, 15) is 4.79 Å². The molecule has 2 aliphatic heterocycles. The summed E-state index contributed by atoms with van der Waals surface area (Å²) in [4.78, 5) is 14.8. The molecule has 2 heterocycles. The number of fused-ring (bicyclic) bond motifs is 3. The van der Waals surface area contributed by atoms with E-state index in [-0.39, 0.29) is 23.2 Å². The summed E-state index contributed by atoms with van der Waals surface area (Å²) < 4.78 is 10.9. The summed E-state index contributed by atoms with van der Waals surface area (Å²) in [5.41, 5.74) is 2.71. The zero-order chi connectivity index (χ0) is 16.8. The van der Waals surface area contributed by atoms with Gasteiger partial charge >= 0.3 is 0 Å². The van der Waals surface area contributed by atoms with Crippen molar-refractivity contribution in [1.82, 2.24) is 4.90 Å². The summed E-state index contributed by atoms with van der Waals surface area (Å²) in [6.45, 7) is 8.31. The van der Waals surface area contributed by atoms with Gasteiger partial charge in [-0.2, -0.15) is 0 Å². The van der Waals surface area contributed by atoms with Gasteiger partial charge in [0, 0.05) is 25.0 Å². The molecule has 1 saturated heterocycles. The average molecular weight is 317 g/mol. The standard InChI is InChI=1S/C19H27NO3/c1-12(21)15-10-19(2,3)11-20-7-6-13-8-16(22-4)17(23-5)9-14(13)18(15)20/h8-9,15,18H,6-7,10-11H2,1-5H3/t15-,18-/m0/s1. The molecule has 3 rings (SSSR count). The molecular formula is C19H27NO3. The van der Waals surface area contributed by atoms with Crippen LogP contribution in [0.4, 0.5) is 0 Å². The lowest BCUT2D eigenvalue weighted by molar-refractivity contribution is -0.128.